The standard InChI is InChI=1S/C15H13NO3S/c1-17-12-5-2-3-6-13(12)18-9-11-10-19-15(16-11)14-7-4-8-20-14/h2-8,10H,9H2,1H3. The molecule has 102 valence electrons. The molecule has 1 aromatic carbocycles. The van der Waals surface area contributed by atoms with Crippen LogP contribution in [0.1, 0.15) is 5.69 Å². The molecule has 3 aromatic rings. The lowest BCUT2D eigenvalue weighted by Crippen LogP contribution is -1.97. The first-order valence-corrected chi connectivity index (χ1v) is 6.99. The van der Waals surface area contributed by atoms with Gasteiger partial charge in [-0.1, -0.05) is 18.2 Å². The second-order valence-corrected chi connectivity index (χ2v) is 5.01. The van der Waals surface area contributed by atoms with Crippen LogP contribution in [0.5, 0.6) is 11.5 Å². The minimum absolute atomic E-state index is 0.343. The zero-order chi connectivity index (χ0) is 13.8. The summed E-state index contributed by atoms with van der Waals surface area (Å²) in [6, 6.07) is 11.5. The van der Waals surface area contributed by atoms with Crippen molar-refractivity contribution in [2.75, 3.05) is 7.11 Å². The van der Waals surface area contributed by atoms with Crippen molar-refractivity contribution in [1.82, 2.24) is 4.98 Å². The van der Waals surface area contributed by atoms with Crippen molar-refractivity contribution in [3.63, 3.8) is 0 Å². The average molecular weight is 287 g/mol. The molecule has 0 amide bonds. The summed E-state index contributed by atoms with van der Waals surface area (Å²) >= 11 is 1.59. The van der Waals surface area contributed by atoms with Gasteiger partial charge in [0.05, 0.1) is 12.0 Å². The molecule has 0 saturated heterocycles. The highest BCUT2D eigenvalue weighted by molar-refractivity contribution is 7.13. The summed E-state index contributed by atoms with van der Waals surface area (Å²) in [4.78, 5) is 5.41. The summed E-state index contributed by atoms with van der Waals surface area (Å²) in [5, 5.41) is 1.99. The topological polar surface area (TPSA) is 44.5 Å². The third kappa shape index (κ3) is 2.67. The van der Waals surface area contributed by atoms with E-state index in [1.54, 1.807) is 24.7 Å². The number of methoxy groups -OCH3 is 1. The minimum atomic E-state index is 0.343. The summed E-state index contributed by atoms with van der Waals surface area (Å²) in [5.74, 6) is 2.02. The molecule has 0 bridgehead atoms. The van der Waals surface area contributed by atoms with E-state index < -0.39 is 0 Å². The van der Waals surface area contributed by atoms with Gasteiger partial charge >= 0.3 is 0 Å². The Morgan fingerprint density at radius 2 is 2.00 bits per heavy atom. The summed E-state index contributed by atoms with van der Waals surface area (Å²) in [5.41, 5.74) is 0.749. The van der Waals surface area contributed by atoms with Gasteiger partial charge < -0.3 is 13.9 Å². The fraction of sp³-hybridized carbons (Fsp3) is 0.133. The molecule has 0 saturated carbocycles. The number of hydrogen-bond acceptors (Lipinski definition) is 5. The Kier molecular flexibility index (Phi) is 3.69. The van der Waals surface area contributed by atoms with Gasteiger partial charge in [-0.15, -0.1) is 11.3 Å². The fourth-order valence-corrected chi connectivity index (χ4v) is 2.43. The number of thiophene rings is 1. The van der Waals surface area contributed by atoms with Crippen LogP contribution >= 0.6 is 11.3 Å². The Hall–Kier alpha value is -2.27. The van der Waals surface area contributed by atoms with Crippen molar-refractivity contribution in [2.24, 2.45) is 0 Å². The Morgan fingerprint density at radius 1 is 1.15 bits per heavy atom. The zero-order valence-electron chi connectivity index (χ0n) is 10.9. The molecule has 0 unspecified atom stereocenters. The van der Waals surface area contributed by atoms with Crippen LogP contribution in [0.3, 0.4) is 0 Å². The van der Waals surface area contributed by atoms with E-state index in [0.717, 1.165) is 10.6 Å². The normalized spacial score (nSPS) is 10.4. The molecule has 2 aromatic heterocycles. The van der Waals surface area contributed by atoms with Gasteiger partial charge in [-0.25, -0.2) is 4.98 Å². The van der Waals surface area contributed by atoms with Crippen LogP contribution in [-0.2, 0) is 6.61 Å². The number of rotatable bonds is 5. The van der Waals surface area contributed by atoms with Crippen LogP contribution in [0.25, 0.3) is 10.8 Å². The molecule has 5 heteroatoms. The van der Waals surface area contributed by atoms with Crippen LogP contribution in [0, 0.1) is 0 Å². The number of benzene rings is 1. The molecule has 0 N–H and O–H groups in total. The van der Waals surface area contributed by atoms with Crippen LogP contribution < -0.4 is 9.47 Å². The Morgan fingerprint density at radius 3 is 2.75 bits per heavy atom. The van der Waals surface area contributed by atoms with Crippen molar-refractivity contribution in [3.05, 3.63) is 53.7 Å². The predicted molar refractivity (Wildman–Crippen MR) is 77.1 cm³/mol. The molecule has 0 spiro atoms. The van der Waals surface area contributed by atoms with E-state index in [4.69, 9.17) is 13.9 Å². The molecule has 3 rings (SSSR count). The molecular weight excluding hydrogens is 274 g/mol. The van der Waals surface area contributed by atoms with Gasteiger partial charge in [0.25, 0.3) is 0 Å². The quantitative estimate of drug-likeness (QED) is 0.711. The molecule has 0 fully saturated rings. The van der Waals surface area contributed by atoms with E-state index in [0.29, 0.717) is 24.0 Å². The van der Waals surface area contributed by atoms with Crippen molar-refractivity contribution in [2.45, 2.75) is 6.61 Å². The SMILES string of the molecule is COc1ccccc1OCc1coc(-c2cccs2)n1. The van der Waals surface area contributed by atoms with Crippen molar-refractivity contribution < 1.29 is 13.9 Å². The first-order chi connectivity index (χ1) is 9.86. The van der Waals surface area contributed by atoms with Gasteiger partial charge in [0.2, 0.25) is 5.89 Å². The maximum atomic E-state index is 5.70. The van der Waals surface area contributed by atoms with Gasteiger partial charge in [-0.05, 0) is 23.6 Å². The lowest BCUT2D eigenvalue weighted by molar-refractivity contribution is 0.280. The second-order valence-electron chi connectivity index (χ2n) is 4.06. The minimum Gasteiger partial charge on any atom is -0.493 e. The molecular formula is C15H13NO3S. The first-order valence-electron chi connectivity index (χ1n) is 6.11. The average Bonchev–Trinajstić information content (AvgIpc) is 3.16. The van der Waals surface area contributed by atoms with E-state index in [9.17, 15) is 0 Å². The molecule has 0 aliphatic heterocycles. The summed E-state index contributed by atoms with van der Waals surface area (Å²) < 4.78 is 16.4. The van der Waals surface area contributed by atoms with Gasteiger partial charge in [0, 0.05) is 0 Å². The van der Waals surface area contributed by atoms with E-state index in [2.05, 4.69) is 4.98 Å². The van der Waals surface area contributed by atoms with Crippen LogP contribution in [0.2, 0.25) is 0 Å². The summed E-state index contributed by atoms with van der Waals surface area (Å²) in [6.45, 7) is 0.343. The third-order valence-corrected chi connectivity index (χ3v) is 3.59. The third-order valence-electron chi connectivity index (χ3n) is 2.73. The number of hydrogen-bond donors (Lipinski definition) is 0. The van der Waals surface area contributed by atoms with Crippen molar-refractivity contribution in [1.29, 1.82) is 0 Å². The van der Waals surface area contributed by atoms with Crippen molar-refractivity contribution in [3.8, 4) is 22.3 Å². The Bertz CT molecular complexity index is 676. The van der Waals surface area contributed by atoms with Gasteiger partial charge in [0.1, 0.15) is 18.6 Å². The highest BCUT2D eigenvalue weighted by Crippen LogP contribution is 2.27. The van der Waals surface area contributed by atoms with Crippen LogP contribution in [0.4, 0.5) is 0 Å². The lowest BCUT2D eigenvalue weighted by atomic mass is 10.3. The Labute approximate surface area is 120 Å². The molecule has 0 atom stereocenters. The second kappa shape index (κ2) is 5.79. The highest BCUT2D eigenvalue weighted by Gasteiger charge is 2.09. The Balaban J connectivity index is 1.70. The van der Waals surface area contributed by atoms with Gasteiger partial charge in [-0.3, -0.25) is 0 Å². The van der Waals surface area contributed by atoms with E-state index >= 15 is 0 Å². The monoisotopic (exact) mass is 287 g/mol. The van der Waals surface area contributed by atoms with E-state index in [1.165, 1.54) is 0 Å². The van der Waals surface area contributed by atoms with Crippen LogP contribution in [-0.4, -0.2) is 12.1 Å². The number of aromatic nitrogens is 1. The smallest absolute Gasteiger partial charge is 0.236 e. The number of oxazole rings is 1. The largest absolute Gasteiger partial charge is 0.493 e. The fourth-order valence-electron chi connectivity index (χ4n) is 1.78. The molecule has 0 aliphatic rings. The maximum absolute atomic E-state index is 5.70. The maximum Gasteiger partial charge on any atom is 0.236 e. The van der Waals surface area contributed by atoms with E-state index in [-0.39, 0.29) is 0 Å². The highest BCUT2D eigenvalue weighted by atomic mass is 32.1. The van der Waals surface area contributed by atoms with Gasteiger partial charge in [-0.2, -0.15) is 0 Å². The zero-order valence-corrected chi connectivity index (χ0v) is 11.7. The number of para-hydroxylation sites is 2. The molecule has 20 heavy (non-hydrogen) atoms. The predicted octanol–water partition coefficient (Wildman–Crippen LogP) is 3.99. The summed E-state index contributed by atoms with van der Waals surface area (Å²) in [7, 11) is 1.62. The molecule has 0 radical (unpaired) electrons. The molecule has 4 nitrogen and oxygen atoms in total. The lowest BCUT2D eigenvalue weighted by Gasteiger charge is -2.08. The number of ether oxygens (including phenoxy) is 2. The summed E-state index contributed by atoms with van der Waals surface area (Å²) in [6.07, 6.45) is 1.62. The van der Waals surface area contributed by atoms with Gasteiger partial charge in [0.15, 0.2) is 11.5 Å². The van der Waals surface area contributed by atoms with Crippen LogP contribution in [0.15, 0.2) is 52.5 Å². The molecule has 2 heterocycles. The number of nitrogens with zero attached hydrogens (tertiary/aromatic N) is 1. The van der Waals surface area contributed by atoms with E-state index in [1.807, 2.05) is 41.8 Å². The molecule has 0 aliphatic carbocycles. The first kappa shape index (κ1) is 12.7. The van der Waals surface area contributed by atoms with Crippen molar-refractivity contribution >= 4 is 11.3 Å².